The van der Waals surface area contributed by atoms with E-state index in [0.717, 1.165) is 24.9 Å². The first-order valence-electron chi connectivity index (χ1n) is 7.65. The number of carbonyl (C=O) groups excluding carboxylic acids is 1. The quantitative estimate of drug-likeness (QED) is 0.791. The number of fused-ring (bicyclic) bond motifs is 1. The van der Waals surface area contributed by atoms with Gasteiger partial charge in [-0.2, -0.15) is 5.10 Å². The minimum absolute atomic E-state index is 0.00287. The molecule has 1 atom stereocenters. The molecule has 1 saturated heterocycles. The standard InChI is InChI=1S/C16H15FN6O/c17-11-6-10(7-19-8-11)13-2-1-4-22(13)14-3-5-23-16(21-14)12(9-20-23)15(18)24/h3,5-9,13H,1-2,4H2,(H2,18,24)/t13-/m1/s1. The van der Waals surface area contributed by atoms with Gasteiger partial charge in [0.25, 0.3) is 5.91 Å². The predicted molar refractivity (Wildman–Crippen MR) is 85.0 cm³/mol. The lowest BCUT2D eigenvalue weighted by Crippen LogP contribution is -2.24. The van der Waals surface area contributed by atoms with Crippen LogP contribution in [0.5, 0.6) is 0 Å². The van der Waals surface area contributed by atoms with Crippen LogP contribution in [0.1, 0.15) is 34.8 Å². The zero-order valence-electron chi connectivity index (χ0n) is 12.8. The van der Waals surface area contributed by atoms with E-state index in [1.54, 1.807) is 12.4 Å². The van der Waals surface area contributed by atoms with E-state index < -0.39 is 5.91 Å². The molecule has 2 N–H and O–H groups in total. The molecule has 1 fully saturated rings. The maximum Gasteiger partial charge on any atom is 0.254 e. The van der Waals surface area contributed by atoms with Crippen molar-refractivity contribution in [2.45, 2.75) is 18.9 Å². The number of pyridine rings is 1. The summed E-state index contributed by atoms with van der Waals surface area (Å²) in [7, 11) is 0. The molecule has 4 rings (SSSR count). The highest BCUT2D eigenvalue weighted by Crippen LogP contribution is 2.35. The van der Waals surface area contributed by atoms with Gasteiger partial charge in [-0.15, -0.1) is 0 Å². The lowest BCUT2D eigenvalue weighted by Gasteiger charge is -2.26. The lowest BCUT2D eigenvalue weighted by atomic mass is 10.1. The Hall–Kier alpha value is -3.03. The van der Waals surface area contributed by atoms with Gasteiger partial charge in [-0.05, 0) is 30.5 Å². The topological polar surface area (TPSA) is 89.4 Å². The van der Waals surface area contributed by atoms with E-state index in [1.165, 1.54) is 23.0 Å². The van der Waals surface area contributed by atoms with Crippen molar-refractivity contribution in [2.75, 3.05) is 11.4 Å². The SMILES string of the molecule is NC(=O)c1cnn2ccc(N3CCC[C@@H]3c3cncc(F)c3)nc12. The van der Waals surface area contributed by atoms with Crippen LogP contribution in [0.15, 0.2) is 36.9 Å². The van der Waals surface area contributed by atoms with Crippen LogP contribution in [0.4, 0.5) is 10.2 Å². The Balaban J connectivity index is 1.75. The van der Waals surface area contributed by atoms with Gasteiger partial charge < -0.3 is 10.6 Å². The van der Waals surface area contributed by atoms with Crippen LogP contribution in [0, 0.1) is 5.82 Å². The molecule has 0 saturated carbocycles. The van der Waals surface area contributed by atoms with E-state index in [0.29, 0.717) is 11.5 Å². The largest absolute Gasteiger partial charge is 0.365 e. The second-order valence-electron chi connectivity index (χ2n) is 5.76. The Labute approximate surface area is 136 Å². The van der Waals surface area contributed by atoms with Crippen LogP contribution in [-0.2, 0) is 0 Å². The molecule has 8 heteroatoms. The number of hydrogen-bond acceptors (Lipinski definition) is 5. The van der Waals surface area contributed by atoms with Crippen molar-refractivity contribution in [3.05, 3.63) is 53.9 Å². The molecule has 4 heterocycles. The van der Waals surface area contributed by atoms with Gasteiger partial charge in [0.15, 0.2) is 5.65 Å². The molecule has 3 aromatic heterocycles. The van der Waals surface area contributed by atoms with Gasteiger partial charge in [0.2, 0.25) is 0 Å². The zero-order valence-corrected chi connectivity index (χ0v) is 12.8. The molecule has 0 spiro atoms. The summed E-state index contributed by atoms with van der Waals surface area (Å²) >= 11 is 0. The Morgan fingerprint density at radius 1 is 1.33 bits per heavy atom. The third-order valence-corrected chi connectivity index (χ3v) is 4.28. The molecular weight excluding hydrogens is 311 g/mol. The average Bonchev–Trinajstić information content (AvgIpc) is 3.21. The maximum absolute atomic E-state index is 13.5. The molecule has 1 amide bonds. The van der Waals surface area contributed by atoms with E-state index >= 15 is 0 Å². The second kappa shape index (κ2) is 5.55. The zero-order chi connectivity index (χ0) is 16.7. The molecule has 1 aliphatic rings. The van der Waals surface area contributed by atoms with Gasteiger partial charge in [0.05, 0.1) is 18.4 Å². The summed E-state index contributed by atoms with van der Waals surface area (Å²) in [5.41, 5.74) is 6.88. The monoisotopic (exact) mass is 326 g/mol. The smallest absolute Gasteiger partial charge is 0.254 e. The van der Waals surface area contributed by atoms with Crippen LogP contribution >= 0.6 is 0 Å². The molecular formula is C16H15FN6O. The molecule has 0 bridgehead atoms. The third kappa shape index (κ3) is 2.36. The van der Waals surface area contributed by atoms with Gasteiger partial charge in [0.1, 0.15) is 17.2 Å². The summed E-state index contributed by atoms with van der Waals surface area (Å²) < 4.78 is 15.0. The van der Waals surface area contributed by atoms with Crippen molar-refractivity contribution in [3.63, 3.8) is 0 Å². The van der Waals surface area contributed by atoms with Crippen LogP contribution < -0.4 is 10.6 Å². The number of anilines is 1. The van der Waals surface area contributed by atoms with Crippen molar-refractivity contribution in [2.24, 2.45) is 5.73 Å². The van der Waals surface area contributed by atoms with E-state index in [1.807, 2.05) is 6.07 Å². The summed E-state index contributed by atoms with van der Waals surface area (Å²) in [5.74, 6) is -0.214. The molecule has 24 heavy (non-hydrogen) atoms. The fraction of sp³-hybridized carbons (Fsp3) is 0.250. The first-order chi connectivity index (χ1) is 11.6. The van der Waals surface area contributed by atoms with Crippen LogP contribution in [0.3, 0.4) is 0 Å². The third-order valence-electron chi connectivity index (χ3n) is 4.28. The highest BCUT2D eigenvalue weighted by molar-refractivity contribution is 5.98. The van der Waals surface area contributed by atoms with E-state index in [4.69, 9.17) is 5.73 Å². The average molecular weight is 326 g/mol. The van der Waals surface area contributed by atoms with Crippen molar-refractivity contribution in [3.8, 4) is 0 Å². The fourth-order valence-electron chi connectivity index (χ4n) is 3.19. The minimum atomic E-state index is -0.568. The summed E-state index contributed by atoms with van der Waals surface area (Å²) in [4.78, 5) is 22.1. The molecule has 0 unspecified atom stereocenters. The normalized spacial score (nSPS) is 17.5. The van der Waals surface area contributed by atoms with Crippen molar-refractivity contribution in [1.82, 2.24) is 19.6 Å². The van der Waals surface area contributed by atoms with Crippen LogP contribution in [0.25, 0.3) is 5.65 Å². The summed E-state index contributed by atoms with van der Waals surface area (Å²) in [6.45, 7) is 0.796. The Morgan fingerprint density at radius 2 is 2.21 bits per heavy atom. The molecule has 0 aromatic carbocycles. The number of hydrogen-bond donors (Lipinski definition) is 1. The number of rotatable bonds is 3. The van der Waals surface area contributed by atoms with Crippen LogP contribution in [0.2, 0.25) is 0 Å². The number of carbonyl (C=O) groups is 1. The molecule has 3 aromatic rings. The summed E-state index contributed by atoms with van der Waals surface area (Å²) in [6.07, 6.45) is 7.88. The number of halogens is 1. The Morgan fingerprint density at radius 3 is 3.00 bits per heavy atom. The number of nitrogens with two attached hydrogens (primary N) is 1. The first-order valence-corrected chi connectivity index (χ1v) is 7.65. The van der Waals surface area contributed by atoms with E-state index in [-0.39, 0.29) is 17.4 Å². The number of aromatic nitrogens is 4. The van der Waals surface area contributed by atoms with Gasteiger partial charge >= 0.3 is 0 Å². The van der Waals surface area contributed by atoms with Crippen molar-refractivity contribution < 1.29 is 9.18 Å². The summed E-state index contributed by atoms with van der Waals surface area (Å²) in [5, 5.41) is 4.07. The van der Waals surface area contributed by atoms with Crippen molar-refractivity contribution >= 4 is 17.4 Å². The highest BCUT2D eigenvalue weighted by Gasteiger charge is 2.28. The van der Waals surface area contributed by atoms with Crippen LogP contribution in [-0.4, -0.2) is 32.0 Å². The molecule has 122 valence electrons. The predicted octanol–water partition coefficient (Wildman–Crippen LogP) is 1.70. The summed E-state index contributed by atoms with van der Waals surface area (Å²) in [6, 6.07) is 3.33. The Bertz CT molecular complexity index is 924. The van der Waals surface area contributed by atoms with Crippen molar-refractivity contribution in [1.29, 1.82) is 0 Å². The fourth-order valence-corrected chi connectivity index (χ4v) is 3.19. The highest BCUT2D eigenvalue weighted by atomic mass is 19.1. The van der Waals surface area contributed by atoms with E-state index in [2.05, 4.69) is 20.0 Å². The first kappa shape index (κ1) is 14.6. The number of amides is 1. The maximum atomic E-state index is 13.5. The molecule has 7 nitrogen and oxygen atoms in total. The number of nitrogens with zero attached hydrogens (tertiary/aromatic N) is 5. The second-order valence-corrected chi connectivity index (χ2v) is 5.76. The van der Waals surface area contributed by atoms with Gasteiger partial charge in [0, 0.05) is 18.9 Å². The van der Waals surface area contributed by atoms with Gasteiger partial charge in [-0.3, -0.25) is 9.78 Å². The lowest BCUT2D eigenvalue weighted by molar-refractivity contribution is 0.100. The Kier molecular flexibility index (Phi) is 3.37. The van der Waals surface area contributed by atoms with E-state index in [9.17, 15) is 9.18 Å². The van der Waals surface area contributed by atoms with Gasteiger partial charge in [-0.1, -0.05) is 0 Å². The number of primary amides is 1. The molecule has 1 aliphatic heterocycles. The molecule has 0 radical (unpaired) electrons. The molecule has 0 aliphatic carbocycles. The van der Waals surface area contributed by atoms with Gasteiger partial charge in [-0.25, -0.2) is 13.9 Å². The minimum Gasteiger partial charge on any atom is -0.365 e.